The van der Waals surface area contributed by atoms with Crippen LogP contribution in [0.4, 0.5) is 0 Å². The molecule has 0 atom stereocenters. The molecule has 1 aromatic heterocycles. The summed E-state index contributed by atoms with van der Waals surface area (Å²) in [4.78, 5) is 22.6. The Balaban J connectivity index is 2.05. The van der Waals surface area contributed by atoms with Crippen molar-refractivity contribution in [3.8, 4) is 0 Å². The van der Waals surface area contributed by atoms with Gasteiger partial charge in [-0.15, -0.1) is 0 Å². The van der Waals surface area contributed by atoms with Crippen LogP contribution in [0.15, 0.2) is 30.3 Å². The molecule has 1 aromatic carbocycles. The van der Waals surface area contributed by atoms with Crippen LogP contribution in [0.2, 0.25) is 0 Å². The van der Waals surface area contributed by atoms with Crippen LogP contribution in [-0.2, 0) is 11.8 Å². The molecular formula is C14H17N3O2. The number of rotatable bonds is 5. The highest BCUT2D eigenvalue weighted by Crippen LogP contribution is 2.17. The molecule has 0 spiro atoms. The first-order valence-electron chi connectivity index (χ1n) is 6.20. The first kappa shape index (κ1) is 13.1. The second-order valence-electron chi connectivity index (χ2n) is 4.47. The molecule has 2 amide bonds. The van der Waals surface area contributed by atoms with Crippen LogP contribution in [0.5, 0.6) is 0 Å². The van der Waals surface area contributed by atoms with Gasteiger partial charge in [-0.1, -0.05) is 18.2 Å². The Hall–Kier alpha value is -2.30. The quantitative estimate of drug-likeness (QED) is 0.791. The molecular weight excluding hydrogens is 242 g/mol. The van der Waals surface area contributed by atoms with Crippen molar-refractivity contribution in [3.63, 3.8) is 0 Å². The van der Waals surface area contributed by atoms with E-state index in [0.29, 0.717) is 18.7 Å². The maximum atomic E-state index is 12.0. The van der Waals surface area contributed by atoms with E-state index in [0.717, 1.165) is 10.9 Å². The predicted molar refractivity (Wildman–Crippen MR) is 73.7 cm³/mol. The van der Waals surface area contributed by atoms with Gasteiger partial charge in [0.1, 0.15) is 5.69 Å². The van der Waals surface area contributed by atoms with E-state index in [-0.39, 0.29) is 18.2 Å². The van der Waals surface area contributed by atoms with Gasteiger partial charge in [0.2, 0.25) is 5.91 Å². The van der Waals surface area contributed by atoms with Crippen LogP contribution >= 0.6 is 0 Å². The molecule has 0 saturated heterocycles. The molecule has 0 radical (unpaired) electrons. The number of hydrogen-bond acceptors (Lipinski definition) is 2. The van der Waals surface area contributed by atoms with E-state index in [1.54, 1.807) is 0 Å². The highest BCUT2D eigenvalue weighted by molar-refractivity contribution is 5.98. The van der Waals surface area contributed by atoms with Crippen molar-refractivity contribution >= 4 is 22.7 Å². The molecule has 1 heterocycles. The van der Waals surface area contributed by atoms with Crippen molar-refractivity contribution < 1.29 is 9.59 Å². The molecule has 0 bridgehead atoms. The Morgan fingerprint density at radius 3 is 2.74 bits per heavy atom. The maximum Gasteiger partial charge on any atom is 0.267 e. The van der Waals surface area contributed by atoms with Crippen molar-refractivity contribution in [3.05, 3.63) is 36.0 Å². The van der Waals surface area contributed by atoms with Crippen LogP contribution in [-0.4, -0.2) is 22.9 Å². The van der Waals surface area contributed by atoms with E-state index in [9.17, 15) is 9.59 Å². The number of primary amides is 1. The van der Waals surface area contributed by atoms with Gasteiger partial charge in [0.15, 0.2) is 0 Å². The van der Waals surface area contributed by atoms with Gasteiger partial charge in [0.05, 0.1) is 0 Å². The number of nitrogens with zero attached hydrogens (tertiary/aromatic N) is 1. The molecule has 3 N–H and O–H groups in total. The number of nitrogens with two attached hydrogens (primary N) is 1. The zero-order valence-electron chi connectivity index (χ0n) is 10.8. The molecule has 0 aliphatic rings. The topological polar surface area (TPSA) is 77.1 Å². The number of carbonyl (C=O) groups is 2. The highest BCUT2D eigenvalue weighted by atomic mass is 16.2. The number of aryl methyl sites for hydroxylation is 1. The Kier molecular flexibility index (Phi) is 3.85. The number of benzene rings is 1. The first-order chi connectivity index (χ1) is 9.09. The van der Waals surface area contributed by atoms with Crippen LogP contribution in [0.25, 0.3) is 10.9 Å². The third kappa shape index (κ3) is 2.93. The van der Waals surface area contributed by atoms with Crippen molar-refractivity contribution in [1.82, 2.24) is 9.88 Å². The zero-order valence-corrected chi connectivity index (χ0v) is 10.8. The summed E-state index contributed by atoms with van der Waals surface area (Å²) in [6.45, 7) is 0.448. The fraction of sp³-hybridized carbons (Fsp3) is 0.286. The fourth-order valence-corrected chi connectivity index (χ4v) is 2.06. The monoisotopic (exact) mass is 259 g/mol. The van der Waals surface area contributed by atoms with E-state index >= 15 is 0 Å². The van der Waals surface area contributed by atoms with Gasteiger partial charge < -0.3 is 15.6 Å². The Morgan fingerprint density at radius 1 is 1.32 bits per heavy atom. The van der Waals surface area contributed by atoms with E-state index < -0.39 is 0 Å². The number of fused-ring (bicyclic) bond motifs is 1. The summed E-state index contributed by atoms with van der Waals surface area (Å²) in [5, 5.41) is 3.82. The van der Waals surface area contributed by atoms with Crippen molar-refractivity contribution in [1.29, 1.82) is 0 Å². The summed E-state index contributed by atoms with van der Waals surface area (Å²) in [7, 11) is 1.86. The third-order valence-corrected chi connectivity index (χ3v) is 3.07. The highest BCUT2D eigenvalue weighted by Gasteiger charge is 2.12. The van der Waals surface area contributed by atoms with Crippen LogP contribution in [0, 0.1) is 0 Å². The van der Waals surface area contributed by atoms with E-state index in [1.807, 2.05) is 41.9 Å². The van der Waals surface area contributed by atoms with Gasteiger partial charge in [0.25, 0.3) is 5.91 Å². The molecule has 0 unspecified atom stereocenters. The lowest BCUT2D eigenvalue weighted by molar-refractivity contribution is -0.118. The SMILES string of the molecule is Cn1c(C(=O)NCCCC(N)=O)cc2ccccc21. The minimum Gasteiger partial charge on any atom is -0.370 e. The second kappa shape index (κ2) is 5.56. The van der Waals surface area contributed by atoms with E-state index in [2.05, 4.69) is 5.32 Å². The van der Waals surface area contributed by atoms with Crippen LogP contribution < -0.4 is 11.1 Å². The van der Waals surface area contributed by atoms with Gasteiger partial charge >= 0.3 is 0 Å². The number of aromatic nitrogens is 1. The third-order valence-electron chi connectivity index (χ3n) is 3.07. The first-order valence-corrected chi connectivity index (χ1v) is 6.20. The largest absolute Gasteiger partial charge is 0.370 e. The van der Waals surface area contributed by atoms with Gasteiger partial charge in [-0.25, -0.2) is 0 Å². The van der Waals surface area contributed by atoms with Gasteiger partial charge in [-0.3, -0.25) is 9.59 Å². The molecule has 0 aliphatic carbocycles. The standard InChI is InChI=1S/C14H17N3O2/c1-17-11-6-3-2-5-10(11)9-12(17)14(19)16-8-4-7-13(15)18/h2-3,5-6,9H,4,7-8H2,1H3,(H2,15,18)(H,16,19). The Labute approximate surface area is 111 Å². The number of amides is 2. The second-order valence-corrected chi connectivity index (χ2v) is 4.47. The van der Waals surface area contributed by atoms with E-state index in [1.165, 1.54) is 0 Å². The number of carbonyl (C=O) groups excluding carboxylic acids is 2. The number of nitrogens with one attached hydrogen (secondary N) is 1. The van der Waals surface area contributed by atoms with Crippen LogP contribution in [0.3, 0.4) is 0 Å². The minimum atomic E-state index is -0.348. The average Bonchev–Trinajstić information content (AvgIpc) is 2.72. The fourth-order valence-electron chi connectivity index (χ4n) is 2.06. The normalized spacial score (nSPS) is 10.6. The van der Waals surface area contributed by atoms with Crippen LogP contribution in [0.1, 0.15) is 23.3 Å². The smallest absolute Gasteiger partial charge is 0.267 e. The molecule has 0 fully saturated rings. The van der Waals surface area contributed by atoms with Crippen molar-refractivity contribution in [2.24, 2.45) is 12.8 Å². The van der Waals surface area contributed by atoms with Gasteiger partial charge in [-0.05, 0) is 18.6 Å². The number of para-hydroxylation sites is 1. The summed E-state index contributed by atoms with van der Waals surface area (Å²) in [5.41, 5.74) is 6.67. The predicted octanol–water partition coefficient (Wildman–Crippen LogP) is 1.17. The summed E-state index contributed by atoms with van der Waals surface area (Å²) in [6.07, 6.45) is 0.848. The molecule has 100 valence electrons. The zero-order chi connectivity index (χ0) is 13.8. The van der Waals surface area contributed by atoms with E-state index in [4.69, 9.17) is 5.73 Å². The Morgan fingerprint density at radius 2 is 2.05 bits per heavy atom. The molecule has 0 saturated carbocycles. The Bertz CT molecular complexity index is 616. The molecule has 5 nitrogen and oxygen atoms in total. The number of hydrogen-bond donors (Lipinski definition) is 2. The minimum absolute atomic E-state index is 0.136. The summed E-state index contributed by atoms with van der Waals surface area (Å²) < 4.78 is 1.86. The molecule has 2 rings (SSSR count). The maximum absolute atomic E-state index is 12.0. The lowest BCUT2D eigenvalue weighted by atomic mass is 10.2. The van der Waals surface area contributed by atoms with Gasteiger partial charge in [0, 0.05) is 30.9 Å². The van der Waals surface area contributed by atoms with Crippen molar-refractivity contribution in [2.45, 2.75) is 12.8 Å². The molecule has 5 heteroatoms. The average molecular weight is 259 g/mol. The summed E-state index contributed by atoms with van der Waals surface area (Å²) in [6, 6.07) is 9.69. The van der Waals surface area contributed by atoms with Gasteiger partial charge in [-0.2, -0.15) is 0 Å². The molecule has 2 aromatic rings. The molecule has 0 aliphatic heterocycles. The lowest BCUT2D eigenvalue weighted by Crippen LogP contribution is -2.27. The summed E-state index contributed by atoms with van der Waals surface area (Å²) in [5.74, 6) is -0.484. The molecule has 19 heavy (non-hydrogen) atoms. The summed E-state index contributed by atoms with van der Waals surface area (Å²) >= 11 is 0. The lowest BCUT2D eigenvalue weighted by Gasteiger charge is -2.05. The van der Waals surface area contributed by atoms with Crippen molar-refractivity contribution in [2.75, 3.05) is 6.54 Å².